The zero-order valence-corrected chi connectivity index (χ0v) is 20.6. The standard InChI is InChI=1S/C29H25ClN4O/c1-4-20-12-14-21(15-13-20)34-19(3)24(17-31-34)28-16-23(22-8-5-6-10-27(22)32-28)29(35)33-26-11-7-9-25(30)18(26)2/h5-17H,4H2,1-3H3,(H,33,35). The molecule has 0 atom stereocenters. The number of halogens is 1. The predicted octanol–water partition coefficient (Wildman–Crippen LogP) is 7.17. The zero-order chi connectivity index (χ0) is 24.5. The molecule has 3 aromatic carbocycles. The first-order valence-corrected chi connectivity index (χ1v) is 11.9. The highest BCUT2D eigenvalue weighted by Gasteiger charge is 2.18. The lowest BCUT2D eigenvalue weighted by molar-refractivity contribution is 0.102. The van der Waals surface area contributed by atoms with Crippen LogP contribution in [-0.2, 0) is 6.42 Å². The molecular weight excluding hydrogens is 456 g/mol. The molecule has 0 saturated carbocycles. The molecule has 0 unspecified atom stereocenters. The number of aryl methyl sites for hydroxylation is 1. The highest BCUT2D eigenvalue weighted by atomic mass is 35.5. The molecule has 0 aliphatic heterocycles. The van der Waals surface area contributed by atoms with Crippen molar-refractivity contribution in [2.45, 2.75) is 27.2 Å². The van der Waals surface area contributed by atoms with Crippen LogP contribution in [0.25, 0.3) is 27.8 Å². The summed E-state index contributed by atoms with van der Waals surface area (Å²) in [7, 11) is 0. The van der Waals surface area contributed by atoms with E-state index in [0.29, 0.717) is 22.0 Å². The zero-order valence-electron chi connectivity index (χ0n) is 19.8. The van der Waals surface area contributed by atoms with Gasteiger partial charge in [0.25, 0.3) is 5.91 Å². The van der Waals surface area contributed by atoms with Crippen molar-refractivity contribution in [3.05, 3.63) is 106 Å². The van der Waals surface area contributed by atoms with Crippen LogP contribution in [0.3, 0.4) is 0 Å². The Bertz CT molecular complexity index is 1550. The first kappa shape index (κ1) is 22.8. The van der Waals surface area contributed by atoms with Crippen molar-refractivity contribution in [3.63, 3.8) is 0 Å². The number of aromatic nitrogens is 3. The average Bonchev–Trinajstić information content (AvgIpc) is 3.27. The third-order valence-corrected chi connectivity index (χ3v) is 6.76. The van der Waals surface area contributed by atoms with Crippen LogP contribution in [-0.4, -0.2) is 20.7 Å². The molecule has 174 valence electrons. The lowest BCUT2D eigenvalue weighted by atomic mass is 10.0. The third-order valence-electron chi connectivity index (χ3n) is 6.35. The molecule has 35 heavy (non-hydrogen) atoms. The number of para-hydroxylation sites is 1. The second-order valence-electron chi connectivity index (χ2n) is 8.51. The first-order chi connectivity index (χ1) is 17.0. The van der Waals surface area contributed by atoms with E-state index in [-0.39, 0.29) is 5.91 Å². The van der Waals surface area contributed by atoms with E-state index < -0.39 is 0 Å². The van der Waals surface area contributed by atoms with Gasteiger partial charge in [0.05, 0.1) is 34.4 Å². The van der Waals surface area contributed by atoms with Gasteiger partial charge in [0, 0.05) is 21.7 Å². The fraction of sp³-hybridized carbons (Fsp3) is 0.138. The fourth-order valence-electron chi connectivity index (χ4n) is 4.23. The molecule has 0 aliphatic rings. The van der Waals surface area contributed by atoms with Crippen molar-refractivity contribution in [1.29, 1.82) is 0 Å². The maximum absolute atomic E-state index is 13.4. The minimum Gasteiger partial charge on any atom is -0.322 e. The number of carbonyl (C=O) groups excluding carboxylic acids is 1. The van der Waals surface area contributed by atoms with Gasteiger partial charge in [-0.05, 0) is 67.8 Å². The van der Waals surface area contributed by atoms with Crippen LogP contribution in [0.5, 0.6) is 0 Å². The summed E-state index contributed by atoms with van der Waals surface area (Å²) in [4.78, 5) is 18.3. The van der Waals surface area contributed by atoms with Gasteiger partial charge in [-0.15, -0.1) is 0 Å². The smallest absolute Gasteiger partial charge is 0.256 e. The summed E-state index contributed by atoms with van der Waals surface area (Å²) in [5.74, 6) is -0.213. The van der Waals surface area contributed by atoms with Crippen molar-refractivity contribution in [3.8, 4) is 16.9 Å². The fourth-order valence-corrected chi connectivity index (χ4v) is 4.40. The summed E-state index contributed by atoms with van der Waals surface area (Å²) in [5.41, 5.74) is 7.60. The van der Waals surface area contributed by atoms with Gasteiger partial charge >= 0.3 is 0 Å². The average molecular weight is 481 g/mol. The Kier molecular flexibility index (Phi) is 6.10. The number of nitrogens with one attached hydrogen (secondary N) is 1. The largest absolute Gasteiger partial charge is 0.322 e. The van der Waals surface area contributed by atoms with E-state index in [4.69, 9.17) is 16.6 Å². The SMILES string of the molecule is CCc1ccc(-n2ncc(-c3cc(C(=O)Nc4cccc(Cl)c4C)c4ccccc4n3)c2C)cc1. The van der Waals surface area contributed by atoms with Gasteiger partial charge in [-0.25, -0.2) is 9.67 Å². The van der Waals surface area contributed by atoms with E-state index >= 15 is 0 Å². The summed E-state index contributed by atoms with van der Waals surface area (Å²) < 4.78 is 1.90. The molecule has 5 aromatic rings. The Labute approximate surface area is 209 Å². The van der Waals surface area contributed by atoms with Crippen molar-refractivity contribution in [1.82, 2.24) is 14.8 Å². The van der Waals surface area contributed by atoms with E-state index in [1.54, 1.807) is 0 Å². The molecule has 0 saturated heterocycles. The van der Waals surface area contributed by atoms with Crippen LogP contribution in [0.15, 0.2) is 79.0 Å². The maximum atomic E-state index is 13.4. The number of fused-ring (bicyclic) bond motifs is 1. The molecule has 5 rings (SSSR count). The minimum atomic E-state index is -0.213. The Balaban J connectivity index is 1.58. The molecule has 2 aromatic heterocycles. The monoisotopic (exact) mass is 480 g/mol. The lowest BCUT2D eigenvalue weighted by Gasteiger charge is -2.13. The lowest BCUT2D eigenvalue weighted by Crippen LogP contribution is -2.14. The number of hydrogen-bond acceptors (Lipinski definition) is 3. The first-order valence-electron chi connectivity index (χ1n) is 11.6. The summed E-state index contributed by atoms with van der Waals surface area (Å²) in [6.07, 6.45) is 2.80. The maximum Gasteiger partial charge on any atom is 0.256 e. The number of nitrogens with zero attached hydrogens (tertiary/aromatic N) is 3. The molecule has 1 amide bonds. The number of anilines is 1. The summed E-state index contributed by atoms with van der Waals surface area (Å²) >= 11 is 6.26. The van der Waals surface area contributed by atoms with Crippen LogP contribution in [0.2, 0.25) is 5.02 Å². The van der Waals surface area contributed by atoms with Gasteiger partial charge in [-0.3, -0.25) is 4.79 Å². The Morgan fingerprint density at radius 1 is 1.00 bits per heavy atom. The third kappa shape index (κ3) is 4.31. The molecule has 6 heteroatoms. The van der Waals surface area contributed by atoms with Crippen LogP contribution in [0.4, 0.5) is 5.69 Å². The predicted molar refractivity (Wildman–Crippen MR) is 143 cm³/mol. The molecular formula is C29H25ClN4O. The number of amides is 1. The van der Waals surface area contributed by atoms with Crippen molar-refractivity contribution < 1.29 is 4.79 Å². The molecule has 0 bridgehead atoms. The molecule has 0 spiro atoms. The van der Waals surface area contributed by atoms with Gasteiger partial charge in [-0.2, -0.15) is 5.10 Å². The Hall–Kier alpha value is -3.96. The van der Waals surface area contributed by atoms with Gasteiger partial charge in [0.15, 0.2) is 0 Å². The van der Waals surface area contributed by atoms with Crippen molar-refractivity contribution in [2.75, 3.05) is 5.32 Å². The molecule has 0 aliphatic carbocycles. The highest BCUT2D eigenvalue weighted by molar-refractivity contribution is 6.31. The summed E-state index contributed by atoms with van der Waals surface area (Å²) in [6.45, 7) is 6.04. The Morgan fingerprint density at radius 3 is 2.54 bits per heavy atom. The normalized spacial score (nSPS) is 11.1. The number of rotatable bonds is 5. The molecule has 0 radical (unpaired) electrons. The van der Waals surface area contributed by atoms with Gasteiger partial charge < -0.3 is 5.32 Å². The second kappa shape index (κ2) is 9.35. The van der Waals surface area contributed by atoms with Crippen molar-refractivity contribution >= 4 is 34.1 Å². The van der Waals surface area contributed by atoms with Gasteiger partial charge in [0.1, 0.15) is 0 Å². The van der Waals surface area contributed by atoms with E-state index in [9.17, 15) is 4.79 Å². The molecule has 2 heterocycles. The number of hydrogen-bond donors (Lipinski definition) is 1. The summed E-state index contributed by atoms with van der Waals surface area (Å²) in [6, 6.07) is 23.4. The van der Waals surface area contributed by atoms with E-state index in [1.165, 1.54) is 5.56 Å². The quantitative estimate of drug-likeness (QED) is 0.290. The Morgan fingerprint density at radius 2 is 1.77 bits per heavy atom. The van der Waals surface area contributed by atoms with Crippen LogP contribution in [0, 0.1) is 13.8 Å². The van der Waals surface area contributed by atoms with E-state index in [1.807, 2.05) is 73.3 Å². The number of carbonyl (C=O) groups is 1. The van der Waals surface area contributed by atoms with Gasteiger partial charge in [-0.1, -0.05) is 54.9 Å². The minimum absolute atomic E-state index is 0.213. The van der Waals surface area contributed by atoms with E-state index in [0.717, 1.165) is 39.8 Å². The van der Waals surface area contributed by atoms with E-state index in [2.05, 4.69) is 41.6 Å². The van der Waals surface area contributed by atoms with Crippen LogP contribution >= 0.6 is 11.6 Å². The number of benzene rings is 3. The highest BCUT2D eigenvalue weighted by Crippen LogP contribution is 2.30. The molecule has 1 N–H and O–H groups in total. The van der Waals surface area contributed by atoms with Crippen molar-refractivity contribution in [2.24, 2.45) is 0 Å². The van der Waals surface area contributed by atoms with Crippen LogP contribution < -0.4 is 5.32 Å². The topological polar surface area (TPSA) is 59.8 Å². The van der Waals surface area contributed by atoms with Gasteiger partial charge in [0.2, 0.25) is 0 Å². The van der Waals surface area contributed by atoms with Crippen LogP contribution in [0.1, 0.15) is 34.1 Å². The number of pyridine rings is 1. The molecule has 5 nitrogen and oxygen atoms in total. The second-order valence-corrected chi connectivity index (χ2v) is 8.92. The summed E-state index contributed by atoms with van der Waals surface area (Å²) in [5, 5.41) is 9.04. The molecule has 0 fully saturated rings.